The molecule has 1 aliphatic rings. The number of anilines is 1. The van der Waals surface area contributed by atoms with Gasteiger partial charge in [-0.1, -0.05) is 12.8 Å². The molecule has 0 aliphatic heterocycles. The van der Waals surface area contributed by atoms with Crippen molar-refractivity contribution >= 4 is 27.5 Å². The van der Waals surface area contributed by atoms with Crippen molar-refractivity contribution < 1.29 is 9.90 Å². The van der Waals surface area contributed by atoms with Crippen molar-refractivity contribution in [1.29, 1.82) is 0 Å². The summed E-state index contributed by atoms with van der Waals surface area (Å²) in [6, 6.07) is 5.13. The van der Waals surface area contributed by atoms with Gasteiger partial charge in [0.1, 0.15) is 0 Å². The van der Waals surface area contributed by atoms with E-state index in [-0.39, 0.29) is 12.5 Å². The number of hydrogen-bond acceptors (Lipinski definition) is 3. The molecule has 4 N–H and O–H groups in total. The van der Waals surface area contributed by atoms with E-state index in [0.29, 0.717) is 15.7 Å². The summed E-state index contributed by atoms with van der Waals surface area (Å²) in [4.78, 5) is 12.2. The number of rotatable bonds is 3. The van der Waals surface area contributed by atoms with Gasteiger partial charge in [0.2, 0.25) is 0 Å². The van der Waals surface area contributed by atoms with Crippen LogP contribution < -0.4 is 11.1 Å². The SMILES string of the molecule is Nc1ccc(Br)c(C(=O)NC2(CO)CCCC2)c1. The number of hydrogen-bond donors (Lipinski definition) is 3. The summed E-state index contributed by atoms with van der Waals surface area (Å²) < 4.78 is 0.709. The van der Waals surface area contributed by atoms with E-state index in [1.165, 1.54) is 0 Å². The first-order valence-electron chi connectivity index (χ1n) is 6.05. The summed E-state index contributed by atoms with van der Waals surface area (Å²) in [7, 11) is 0. The number of carbonyl (C=O) groups is 1. The van der Waals surface area contributed by atoms with Crippen molar-refractivity contribution in [1.82, 2.24) is 5.32 Å². The summed E-state index contributed by atoms with van der Waals surface area (Å²) >= 11 is 3.34. The summed E-state index contributed by atoms with van der Waals surface area (Å²) in [5.74, 6) is -0.190. The number of nitrogen functional groups attached to an aromatic ring is 1. The van der Waals surface area contributed by atoms with Gasteiger partial charge in [0, 0.05) is 10.2 Å². The van der Waals surface area contributed by atoms with Crippen LogP contribution in [-0.4, -0.2) is 23.2 Å². The van der Waals surface area contributed by atoms with E-state index in [1.54, 1.807) is 18.2 Å². The highest BCUT2D eigenvalue weighted by atomic mass is 79.9. The quantitative estimate of drug-likeness (QED) is 0.748. The third kappa shape index (κ3) is 2.67. The normalized spacial score (nSPS) is 17.7. The van der Waals surface area contributed by atoms with Crippen LogP contribution >= 0.6 is 15.9 Å². The van der Waals surface area contributed by atoms with Crippen LogP contribution in [0.1, 0.15) is 36.0 Å². The molecule has 0 aromatic heterocycles. The highest BCUT2D eigenvalue weighted by Gasteiger charge is 2.35. The van der Waals surface area contributed by atoms with Gasteiger partial charge in [-0.25, -0.2) is 0 Å². The van der Waals surface area contributed by atoms with Gasteiger partial charge < -0.3 is 16.2 Å². The molecular formula is C13H17BrN2O2. The number of benzene rings is 1. The maximum atomic E-state index is 12.2. The van der Waals surface area contributed by atoms with Crippen LogP contribution in [0.3, 0.4) is 0 Å². The van der Waals surface area contributed by atoms with Crippen LogP contribution in [0.4, 0.5) is 5.69 Å². The fourth-order valence-electron chi connectivity index (χ4n) is 2.40. The van der Waals surface area contributed by atoms with E-state index >= 15 is 0 Å². The Hall–Kier alpha value is -1.07. The Bertz CT molecular complexity index is 456. The number of aliphatic hydroxyl groups excluding tert-OH is 1. The lowest BCUT2D eigenvalue weighted by Gasteiger charge is -2.28. The second-order valence-electron chi connectivity index (χ2n) is 4.84. The smallest absolute Gasteiger partial charge is 0.253 e. The Kier molecular flexibility index (Phi) is 3.92. The molecule has 5 heteroatoms. The van der Waals surface area contributed by atoms with Gasteiger partial charge in [-0.2, -0.15) is 0 Å². The van der Waals surface area contributed by atoms with E-state index in [1.807, 2.05) is 0 Å². The number of amides is 1. The number of aliphatic hydroxyl groups is 1. The van der Waals surface area contributed by atoms with Crippen molar-refractivity contribution in [3.8, 4) is 0 Å². The number of halogens is 1. The van der Waals surface area contributed by atoms with Gasteiger partial charge in [0.05, 0.1) is 17.7 Å². The molecule has 0 atom stereocenters. The van der Waals surface area contributed by atoms with Crippen LogP contribution in [0.15, 0.2) is 22.7 Å². The first-order valence-corrected chi connectivity index (χ1v) is 6.84. The molecule has 0 saturated heterocycles. The lowest BCUT2D eigenvalue weighted by Crippen LogP contribution is -2.49. The molecule has 1 fully saturated rings. The zero-order valence-corrected chi connectivity index (χ0v) is 11.7. The average molecular weight is 313 g/mol. The second kappa shape index (κ2) is 5.28. The van der Waals surface area contributed by atoms with Gasteiger partial charge in [0.25, 0.3) is 5.91 Å². The van der Waals surface area contributed by atoms with Gasteiger partial charge in [-0.3, -0.25) is 4.79 Å². The van der Waals surface area contributed by atoms with Crippen molar-refractivity contribution in [3.63, 3.8) is 0 Å². The number of carbonyl (C=O) groups excluding carboxylic acids is 1. The van der Waals surface area contributed by atoms with E-state index in [0.717, 1.165) is 25.7 Å². The maximum absolute atomic E-state index is 12.2. The van der Waals surface area contributed by atoms with Gasteiger partial charge in [-0.05, 0) is 47.0 Å². The summed E-state index contributed by atoms with van der Waals surface area (Å²) in [6.45, 7) is -0.0152. The molecule has 0 bridgehead atoms. The van der Waals surface area contributed by atoms with E-state index < -0.39 is 5.54 Å². The monoisotopic (exact) mass is 312 g/mol. The van der Waals surface area contributed by atoms with Crippen LogP contribution in [0.2, 0.25) is 0 Å². The maximum Gasteiger partial charge on any atom is 0.253 e. The van der Waals surface area contributed by atoms with Crippen LogP contribution in [-0.2, 0) is 0 Å². The molecule has 1 aromatic rings. The minimum absolute atomic E-state index is 0.0152. The zero-order chi connectivity index (χ0) is 13.2. The molecule has 0 radical (unpaired) electrons. The van der Waals surface area contributed by atoms with Gasteiger partial charge in [0.15, 0.2) is 0 Å². The van der Waals surface area contributed by atoms with Gasteiger partial charge >= 0.3 is 0 Å². The largest absolute Gasteiger partial charge is 0.399 e. The second-order valence-corrected chi connectivity index (χ2v) is 5.69. The Morgan fingerprint density at radius 1 is 1.44 bits per heavy atom. The summed E-state index contributed by atoms with van der Waals surface area (Å²) in [6.07, 6.45) is 3.74. The highest BCUT2D eigenvalue weighted by Crippen LogP contribution is 2.30. The molecular weight excluding hydrogens is 296 g/mol. The first kappa shape index (κ1) is 13.4. The van der Waals surface area contributed by atoms with Crippen molar-refractivity contribution in [2.24, 2.45) is 0 Å². The highest BCUT2D eigenvalue weighted by molar-refractivity contribution is 9.10. The molecule has 18 heavy (non-hydrogen) atoms. The Balaban J connectivity index is 2.18. The Labute approximate surface area is 115 Å². The minimum Gasteiger partial charge on any atom is -0.399 e. The third-order valence-electron chi connectivity index (χ3n) is 3.48. The van der Waals surface area contributed by atoms with E-state index in [9.17, 15) is 9.90 Å². The molecule has 1 aromatic carbocycles. The first-order chi connectivity index (χ1) is 8.56. The third-order valence-corrected chi connectivity index (χ3v) is 4.17. The van der Waals surface area contributed by atoms with Crippen molar-refractivity contribution in [3.05, 3.63) is 28.2 Å². The predicted octanol–water partition coefficient (Wildman–Crippen LogP) is 2.07. The number of nitrogens with one attached hydrogen (secondary N) is 1. The fourth-order valence-corrected chi connectivity index (χ4v) is 2.83. The molecule has 98 valence electrons. The summed E-state index contributed by atoms with van der Waals surface area (Å²) in [5.41, 5.74) is 6.29. The van der Waals surface area contributed by atoms with Crippen LogP contribution in [0, 0.1) is 0 Å². The van der Waals surface area contributed by atoms with E-state index in [4.69, 9.17) is 5.73 Å². The molecule has 0 unspecified atom stereocenters. The molecule has 1 aliphatic carbocycles. The molecule has 0 spiro atoms. The Morgan fingerprint density at radius 3 is 2.72 bits per heavy atom. The van der Waals surface area contributed by atoms with Gasteiger partial charge in [-0.15, -0.1) is 0 Å². The molecule has 0 heterocycles. The lowest BCUT2D eigenvalue weighted by atomic mass is 9.98. The molecule has 2 rings (SSSR count). The molecule has 1 saturated carbocycles. The average Bonchev–Trinajstić information content (AvgIpc) is 2.81. The zero-order valence-electron chi connectivity index (χ0n) is 10.1. The predicted molar refractivity (Wildman–Crippen MR) is 74.3 cm³/mol. The minimum atomic E-state index is -0.457. The molecule has 1 amide bonds. The standard InChI is InChI=1S/C13H17BrN2O2/c14-11-4-3-9(15)7-10(11)12(18)16-13(8-17)5-1-2-6-13/h3-4,7,17H,1-2,5-6,8,15H2,(H,16,18). The van der Waals surface area contributed by atoms with Crippen molar-refractivity contribution in [2.45, 2.75) is 31.2 Å². The van der Waals surface area contributed by atoms with Crippen LogP contribution in [0.5, 0.6) is 0 Å². The fraction of sp³-hybridized carbons (Fsp3) is 0.462. The lowest BCUT2D eigenvalue weighted by molar-refractivity contribution is 0.0838. The van der Waals surface area contributed by atoms with Crippen molar-refractivity contribution in [2.75, 3.05) is 12.3 Å². The topological polar surface area (TPSA) is 75.4 Å². The summed E-state index contributed by atoms with van der Waals surface area (Å²) in [5, 5.41) is 12.4. The van der Waals surface area contributed by atoms with E-state index in [2.05, 4.69) is 21.2 Å². The Morgan fingerprint density at radius 2 is 2.11 bits per heavy atom. The number of nitrogens with two attached hydrogens (primary N) is 1. The van der Waals surface area contributed by atoms with Crippen LogP contribution in [0.25, 0.3) is 0 Å². The molecule has 4 nitrogen and oxygen atoms in total.